The topological polar surface area (TPSA) is 69.6 Å². The Morgan fingerprint density at radius 2 is 2.00 bits per heavy atom. The molecule has 1 rings (SSSR count). The summed E-state index contributed by atoms with van der Waals surface area (Å²) < 4.78 is 0. The van der Waals surface area contributed by atoms with Crippen molar-refractivity contribution in [3.63, 3.8) is 0 Å². The zero-order valence-electron chi connectivity index (χ0n) is 5.77. The third-order valence-electron chi connectivity index (χ3n) is 1.57. The van der Waals surface area contributed by atoms with Crippen molar-refractivity contribution in [1.29, 1.82) is 0 Å². The minimum atomic E-state index is -0.947. The van der Waals surface area contributed by atoms with Crippen LogP contribution in [-0.4, -0.2) is 22.3 Å². The molecule has 0 saturated carbocycles. The fraction of sp³-hybridized carbons (Fsp3) is 0.286. The number of carboxylic acid groups (broad SMARTS) is 1. The summed E-state index contributed by atoms with van der Waals surface area (Å²) in [5, 5.41) is 17.1. The number of aliphatic carboxylic acids is 1. The van der Waals surface area contributed by atoms with Gasteiger partial charge in [-0.25, -0.2) is 0 Å². The number of hydroxylamine groups is 1. The fourth-order valence-corrected chi connectivity index (χ4v) is 0.966. The van der Waals surface area contributed by atoms with Crippen molar-refractivity contribution in [3.05, 3.63) is 24.3 Å². The van der Waals surface area contributed by atoms with Crippen LogP contribution in [0.25, 0.3) is 0 Å². The van der Waals surface area contributed by atoms with E-state index in [1.807, 2.05) is 5.48 Å². The number of nitrogens with one attached hydrogen (secondary N) is 1. The number of hydrogen-bond donors (Lipinski definition) is 3. The molecule has 2 unspecified atom stereocenters. The van der Waals surface area contributed by atoms with E-state index in [1.54, 1.807) is 18.2 Å². The summed E-state index contributed by atoms with van der Waals surface area (Å²) in [6.45, 7) is 0. The maximum atomic E-state index is 10.5. The van der Waals surface area contributed by atoms with Gasteiger partial charge in [0.1, 0.15) is 0 Å². The Balaban J connectivity index is 2.70. The van der Waals surface area contributed by atoms with Crippen LogP contribution in [0.2, 0.25) is 0 Å². The second-order valence-corrected chi connectivity index (χ2v) is 2.29. The van der Waals surface area contributed by atoms with Crippen LogP contribution >= 0.6 is 0 Å². The Morgan fingerprint density at radius 3 is 2.45 bits per heavy atom. The first-order chi connectivity index (χ1) is 5.25. The average molecular weight is 155 g/mol. The smallest absolute Gasteiger partial charge is 0.312 e. The van der Waals surface area contributed by atoms with Crippen LogP contribution in [0.1, 0.15) is 0 Å². The molecule has 1 aliphatic carbocycles. The third kappa shape index (κ3) is 1.66. The molecule has 0 aromatic rings. The maximum Gasteiger partial charge on any atom is 0.312 e. The van der Waals surface area contributed by atoms with Crippen LogP contribution in [0.4, 0.5) is 0 Å². The second kappa shape index (κ2) is 3.32. The number of hydrogen-bond acceptors (Lipinski definition) is 3. The maximum absolute atomic E-state index is 10.5. The van der Waals surface area contributed by atoms with E-state index in [2.05, 4.69) is 0 Å². The first-order valence-electron chi connectivity index (χ1n) is 3.23. The Kier molecular flexibility index (Phi) is 2.40. The molecule has 0 saturated heterocycles. The third-order valence-corrected chi connectivity index (χ3v) is 1.57. The van der Waals surface area contributed by atoms with E-state index >= 15 is 0 Å². The Bertz CT molecular complexity index is 210. The highest BCUT2D eigenvalue weighted by molar-refractivity contribution is 5.74. The van der Waals surface area contributed by atoms with Gasteiger partial charge in [0.05, 0.1) is 12.0 Å². The SMILES string of the molecule is O=C(O)C1C=CC=CC1NO. The van der Waals surface area contributed by atoms with Gasteiger partial charge in [-0.2, -0.15) is 5.48 Å². The predicted molar refractivity (Wildman–Crippen MR) is 38.1 cm³/mol. The van der Waals surface area contributed by atoms with Crippen LogP contribution in [0, 0.1) is 5.92 Å². The second-order valence-electron chi connectivity index (χ2n) is 2.29. The van der Waals surface area contributed by atoms with E-state index in [0.29, 0.717) is 0 Å². The van der Waals surface area contributed by atoms with Gasteiger partial charge in [-0.15, -0.1) is 0 Å². The van der Waals surface area contributed by atoms with Crippen molar-refractivity contribution in [3.8, 4) is 0 Å². The molecule has 60 valence electrons. The van der Waals surface area contributed by atoms with Crippen LogP contribution in [0.15, 0.2) is 24.3 Å². The number of carboxylic acids is 1. The summed E-state index contributed by atoms with van der Waals surface area (Å²) in [6.07, 6.45) is 6.45. The first kappa shape index (κ1) is 7.97. The molecule has 4 heteroatoms. The summed E-state index contributed by atoms with van der Waals surface area (Å²) in [5.74, 6) is -1.62. The lowest BCUT2D eigenvalue weighted by Gasteiger charge is -2.17. The number of rotatable bonds is 2. The molecule has 0 aromatic carbocycles. The van der Waals surface area contributed by atoms with Crippen molar-refractivity contribution in [2.24, 2.45) is 5.92 Å². The summed E-state index contributed by atoms with van der Waals surface area (Å²) in [5.41, 5.74) is 1.92. The molecule has 2 atom stereocenters. The summed E-state index contributed by atoms with van der Waals surface area (Å²) in [4.78, 5) is 10.5. The quantitative estimate of drug-likeness (QED) is 0.497. The minimum absolute atomic E-state index is 0.516. The van der Waals surface area contributed by atoms with Crippen LogP contribution in [0.5, 0.6) is 0 Å². The van der Waals surface area contributed by atoms with Gasteiger partial charge in [-0.3, -0.25) is 4.79 Å². The molecule has 0 fully saturated rings. The van der Waals surface area contributed by atoms with E-state index in [0.717, 1.165) is 0 Å². The molecule has 4 nitrogen and oxygen atoms in total. The minimum Gasteiger partial charge on any atom is -0.481 e. The molecule has 0 amide bonds. The van der Waals surface area contributed by atoms with Crippen molar-refractivity contribution in [2.75, 3.05) is 0 Å². The molecule has 0 spiro atoms. The van der Waals surface area contributed by atoms with Crippen LogP contribution < -0.4 is 5.48 Å². The lowest BCUT2D eigenvalue weighted by molar-refractivity contribution is -0.141. The van der Waals surface area contributed by atoms with Crippen molar-refractivity contribution in [2.45, 2.75) is 6.04 Å². The van der Waals surface area contributed by atoms with Gasteiger partial charge in [0.15, 0.2) is 0 Å². The molecule has 0 aliphatic heterocycles. The van der Waals surface area contributed by atoms with Gasteiger partial charge in [-0.05, 0) is 0 Å². The van der Waals surface area contributed by atoms with Gasteiger partial charge in [0.2, 0.25) is 0 Å². The first-order valence-corrected chi connectivity index (χ1v) is 3.23. The number of carbonyl (C=O) groups is 1. The standard InChI is InChI=1S/C7H9NO3/c9-7(10)5-3-1-2-4-6(5)8-11/h1-6,8,11H,(H,9,10). The van der Waals surface area contributed by atoms with Gasteiger partial charge in [0.25, 0.3) is 0 Å². The largest absolute Gasteiger partial charge is 0.481 e. The Hall–Kier alpha value is -1.13. The Labute approximate surface area is 63.8 Å². The molecule has 0 heterocycles. The highest BCUT2D eigenvalue weighted by atomic mass is 16.5. The molecule has 0 aromatic heterocycles. The fourth-order valence-electron chi connectivity index (χ4n) is 0.966. The normalized spacial score (nSPS) is 28.8. The van der Waals surface area contributed by atoms with Gasteiger partial charge in [-0.1, -0.05) is 24.3 Å². The van der Waals surface area contributed by atoms with E-state index < -0.39 is 17.9 Å². The van der Waals surface area contributed by atoms with Crippen molar-refractivity contribution >= 4 is 5.97 Å². The zero-order valence-corrected chi connectivity index (χ0v) is 5.77. The van der Waals surface area contributed by atoms with Gasteiger partial charge < -0.3 is 10.3 Å². The van der Waals surface area contributed by atoms with E-state index in [9.17, 15) is 4.79 Å². The highest BCUT2D eigenvalue weighted by Crippen LogP contribution is 2.11. The molecular formula is C7H9NO3. The summed E-state index contributed by atoms with van der Waals surface area (Å²) in [6, 6.07) is -0.516. The summed E-state index contributed by atoms with van der Waals surface area (Å²) in [7, 11) is 0. The van der Waals surface area contributed by atoms with E-state index in [4.69, 9.17) is 10.3 Å². The van der Waals surface area contributed by atoms with Gasteiger partial charge in [0, 0.05) is 0 Å². The van der Waals surface area contributed by atoms with E-state index in [-0.39, 0.29) is 0 Å². The average Bonchev–Trinajstić information content (AvgIpc) is 2.04. The molecule has 1 aliphatic rings. The van der Waals surface area contributed by atoms with E-state index in [1.165, 1.54) is 6.08 Å². The highest BCUT2D eigenvalue weighted by Gasteiger charge is 2.24. The molecule has 11 heavy (non-hydrogen) atoms. The van der Waals surface area contributed by atoms with Crippen LogP contribution in [-0.2, 0) is 4.79 Å². The zero-order chi connectivity index (χ0) is 8.27. The monoisotopic (exact) mass is 155 g/mol. The predicted octanol–water partition coefficient (Wildman–Crippen LogP) is 0.161. The lowest BCUT2D eigenvalue weighted by atomic mass is 9.96. The number of allylic oxidation sites excluding steroid dienone is 2. The van der Waals surface area contributed by atoms with Crippen LogP contribution in [0.3, 0.4) is 0 Å². The summed E-state index contributed by atoms with van der Waals surface area (Å²) >= 11 is 0. The molecule has 3 N–H and O–H groups in total. The molecule has 0 radical (unpaired) electrons. The molecule has 0 bridgehead atoms. The van der Waals surface area contributed by atoms with Crippen molar-refractivity contribution < 1.29 is 15.1 Å². The van der Waals surface area contributed by atoms with Gasteiger partial charge >= 0.3 is 5.97 Å². The van der Waals surface area contributed by atoms with Crippen molar-refractivity contribution in [1.82, 2.24) is 5.48 Å². The molecular weight excluding hydrogens is 146 g/mol. The lowest BCUT2D eigenvalue weighted by Crippen LogP contribution is -2.36. The Morgan fingerprint density at radius 1 is 1.36 bits per heavy atom.